The van der Waals surface area contributed by atoms with E-state index in [-0.39, 0.29) is 6.04 Å². The van der Waals surface area contributed by atoms with Gasteiger partial charge in [0, 0.05) is 5.69 Å². The third kappa shape index (κ3) is 2.66. The fraction of sp³-hybridized carbons (Fsp3) is 0.200. The highest BCUT2D eigenvalue weighted by atomic mass is 14.6. The number of hydrogen-bond acceptors (Lipinski definition) is 2. The maximum absolute atomic E-state index is 6.22. The minimum atomic E-state index is -0.0819. The fourth-order valence-corrected chi connectivity index (χ4v) is 1.86. The second-order valence-corrected chi connectivity index (χ2v) is 4.24. The van der Waals surface area contributed by atoms with Gasteiger partial charge in [-0.3, -0.25) is 0 Å². The van der Waals surface area contributed by atoms with Gasteiger partial charge in [-0.2, -0.15) is 0 Å². The van der Waals surface area contributed by atoms with Crippen molar-refractivity contribution in [3.05, 3.63) is 65.2 Å². The van der Waals surface area contributed by atoms with Gasteiger partial charge in [-0.05, 0) is 35.2 Å². The summed E-state index contributed by atoms with van der Waals surface area (Å²) in [7, 11) is 0. The number of anilines is 1. The van der Waals surface area contributed by atoms with Crippen LogP contribution in [0, 0.1) is 0 Å². The van der Waals surface area contributed by atoms with Crippen LogP contribution in [0.4, 0.5) is 5.69 Å². The van der Waals surface area contributed by atoms with Crippen molar-refractivity contribution in [3.63, 3.8) is 0 Å². The molecule has 2 nitrogen and oxygen atoms in total. The molecule has 2 rings (SSSR count). The molecule has 0 amide bonds. The summed E-state index contributed by atoms with van der Waals surface area (Å²) in [5, 5.41) is 0. The molecule has 0 saturated carbocycles. The van der Waals surface area contributed by atoms with Crippen molar-refractivity contribution in [1.82, 2.24) is 0 Å². The summed E-state index contributed by atoms with van der Waals surface area (Å²) in [6.45, 7) is 2.15. The van der Waals surface area contributed by atoms with Crippen molar-refractivity contribution in [2.75, 3.05) is 5.73 Å². The monoisotopic (exact) mass is 226 g/mol. The molecular formula is C15H18N2. The van der Waals surface area contributed by atoms with E-state index in [1.54, 1.807) is 0 Å². The zero-order valence-corrected chi connectivity index (χ0v) is 10.1. The molecule has 0 fully saturated rings. The van der Waals surface area contributed by atoms with Gasteiger partial charge in [0.05, 0.1) is 6.04 Å². The van der Waals surface area contributed by atoms with Crippen molar-refractivity contribution in [3.8, 4) is 0 Å². The standard InChI is InChI=1S/C15H18N2/c1-2-11-3-5-12(6-4-11)15(17)13-7-9-14(16)10-8-13/h3-10,15H,2,16-17H2,1H3. The Hall–Kier alpha value is -1.80. The van der Waals surface area contributed by atoms with Gasteiger partial charge >= 0.3 is 0 Å². The van der Waals surface area contributed by atoms with Gasteiger partial charge in [0.15, 0.2) is 0 Å². The Morgan fingerprint density at radius 2 is 1.35 bits per heavy atom. The number of nitrogens with two attached hydrogens (primary N) is 2. The van der Waals surface area contributed by atoms with E-state index in [4.69, 9.17) is 11.5 Å². The SMILES string of the molecule is CCc1ccc(C(N)c2ccc(N)cc2)cc1. The molecule has 0 bridgehead atoms. The van der Waals surface area contributed by atoms with Gasteiger partial charge in [-0.25, -0.2) is 0 Å². The van der Waals surface area contributed by atoms with Crippen molar-refractivity contribution < 1.29 is 0 Å². The molecule has 17 heavy (non-hydrogen) atoms. The van der Waals surface area contributed by atoms with Crippen LogP contribution in [-0.4, -0.2) is 0 Å². The van der Waals surface area contributed by atoms with E-state index >= 15 is 0 Å². The molecule has 0 aromatic heterocycles. The first-order valence-corrected chi connectivity index (χ1v) is 5.90. The Balaban J connectivity index is 2.23. The Morgan fingerprint density at radius 1 is 0.882 bits per heavy atom. The third-order valence-corrected chi connectivity index (χ3v) is 3.04. The molecule has 88 valence electrons. The summed E-state index contributed by atoms with van der Waals surface area (Å²) < 4.78 is 0. The van der Waals surface area contributed by atoms with E-state index in [9.17, 15) is 0 Å². The average molecular weight is 226 g/mol. The quantitative estimate of drug-likeness (QED) is 0.791. The predicted octanol–water partition coefficient (Wildman–Crippen LogP) is 2.88. The van der Waals surface area contributed by atoms with Crippen LogP contribution in [-0.2, 0) is 6.42 Å². The van der Waals surface area contributed by atoms with Gasteiger partial charge in [-0.15, -0.1) is 0 Å². The number of aryl methyl sites for hydroxylation is 1. The Bertz CT molecular complexity index is 471. The first-order chi connectivity index (χ1) is 8.20. The highest BCUT2D eigenvalue weighted by Crippen LogP contribution is 2.20. The summed E-state index contributed by atoms with van der Waals surface area (Å²) in [6.07, 6.45) is 1.05. The maximum Gasteiger partial charge on any atom is 0.0551 e. The molecule has 0 heterocycles. The molecule has 1 unspecified atom stereocenters. The molecule has 0 aliphatic rings. The van der Waals surface area contributed by atoms with Crippen molar-refractivity contribution >= 4 is 5.69 Å². The van der Waals surface area contributed by atoms with Gasteiger partial charge in [0.2, 0.25) is 0 Å². The lowest BCUT2D eigenvalue weighted by Crippen LogP contribution is -2.11. The normalized spacial score (nSPS) is 12.4. The predicted molar refractivity (Wildman–Crippen MR) is 72.7 cm³/mol. The van der Waals surface area contributed by atoms with Crippen LogP contribution < -0.4 is 11.5 Å². The Kier molecular flexibility index (Phi) is 3.45. The third-order valence-electron chi connectivity index (χ3n) is 3.04. The van der Waals surface area contributed by atoms with Crippen LogP contribution >= 0.6 is 0 Å². The molecule has 0 saturated heterocycles. The number of hydrogen-bond donors (Lipinski definition) is 2. The molecule has 2 aromatic rings. The lowest BCUT2D eigenvalue weighted by atomic mass is 9.98. The van der Waals surface area contributed by atoms with Gasteiger partial charge in [0.25, 0.3) is 0 Å². The molecule has 0 aliphatic heterocycles. The summed E-state index contributed by atoms with van der Waals surface area (Å²) in [5.74, 6) is 0. The number of benzene rings is 2. The van der Waals surface area contributed by atoms with Crippen molar-refractivity contribution in [2.24, 2.45) is 5.73 Å². The first-order valence-electron chi connectivity index (χ1n) is 5.90. The average Bonchev–Trinajstić information content (AvgIpc) is 2.39. The molecule has 2 aromatic carbocycles. The molecular weight excluding hydrogens is 208 g/mol. The molecule has 1 atom stereocenters. The zero-order chi connectivity index (χ0) is 12.3. The second-order valence-electron chi connectivity index (χ2n) is 4.24. The molecule has 0 spiro atoms. The van der Waals surface area contributed by atoms with Crippen LogP contribution in [0.1, 0.15) is 29.7 Å². The topological polar surface area (TPSA) is 52.0 Å². The number of rotatable bonds is 3. The van der Waals surface area contributed by atoms with E-state index in [2.05, 4.69) is 31.2 Å². The van der Waals surface area contributed by atoms with E-state index in [0.29, 0.717) is 0 Å². The molecule has 4 N–H and O–H groups in total. The van der Waals surface area contributed by atoms with Crippen LogP contribution in [0.15, 0.2) is 48.5 Å². The lowest BCUT2D eigenvalue weighted by Gasteiger charge is -2.13. The minimum Gasteiger partial charge on any atom is -0.399 e. The minimum absolute atomic E-state index is 0.0819. The van der Waals surface area contributed by atoms with Gasteiger partial charge in [0.1, 0.15) is 0 Å². The van der Waals surface area contributed by atoms with Crippen molar-refractivity contribution in [2.45, 2.75) is 19.4 Å². The van der Waals surface area contributed by atoms with Crippen LogP contribution in [0.25, 0.3) is 0 Å². The number of nitrogen functional groups attached to an aromatic ring is 1. The summed E-state index contributed by atoms with van der Waals surface area (Å²) in [5.41, 5.74) is 16.2. The maximum atomic E-state index is 6.22. The Labute approximate surface area is 102 Å². The van der Waals surface area contributed by atoms with E-state index in [1.165, 1.54) is 5.56 Å². The first kappa shape index (κ1) is 11.7. The fourth-order valence-electron chi connectivity index (χ4n) is 1.86. The highest BCUT2D eigenvalue weighted by molar-refractivity contribution is 5.42. The van der Waals surface area contributed by atoms with Crippen LogP contribution in [0.2, 0.25) is 0 Å². The zero-order valence-electron chi connectivity index (χ0n) is 10.1. The van der Waals surface area contributed by atoms with Crippen LogP contribution in [0.3, 0.4) is 0 Å². The van der Waals surface area contributed by atoms with Gasteiger partial charge < -0.3 is 11.5 Å². The highest BCUT2D eigenvalue weighted by Gasteiger charge is 2.08. The van der Waals surface area contributed by atoms with E-state index < -0.39 is 0 Å². The lowest BCUT2D eigenvalue weighted by molar-refractivity contribution is 0.870. The summed E-state index contributed by atoms with van der Waals surface area (Å²) in [6, 6.07) is 16.1. The van der Waals surface area contributed by atoms with Crippen LogP contribution in [0.5, 0.6) is 0 Å². The summed E-state index contributed by atoms with van der Waals surface area (Å²) >= 11 is 0. The largest absolute Gasteiger partial charge is 0.399 e. The second kappa shape index (κ2) is 5.02. The smallest absolute Gasteiger partial charge is 0.0551 e. The van der Waals surface area contributed by atoms with E-state index in [0.717, 1.165) is 23.2 Å². The van der Waals surface area contributed by atoms with Gasteiger partial charge in [-0.1, -0.05) is 43.3 Å². The summed E-state index contributed by atoms with van der Waals surface area (Å²) in [4.78, 5) is 0. The molecule has 2 heteroatoms. The molecule has 0 radical (unpaired) electrons. The Morgan fingerprint density at radius 3 is 1.82 bits per heavy atom. The van der Waals surface area contributed by atoms with E-state index in [1.807, 2.05) is 24.3 Å². The van der Waals surface area contributed by atoms with Crippen molar-refractivity contribution in [1.29, 1.82) is 0 Å². The molecule has 0 aliphatic carbocycles.